The lowest BCUT2D eigenvalue weighted by Crippen LogP contribution is -2.60. The largest absolute Gasteiger partial charge is 0.298 e. The number of sulfonamides is 1. The van der Waals surface area contributed by atoms with Crippen molar-refractivity contribution in [1.82, 2.24) is 9.21 Å². The molecule has 0 N–H and O–H groups in total. The highest BCUT2D eigenvalue weighted by Crippen LogP contribution is 2.44. The first-order valence-corrected chi connectivity index (χ1v) is 9.75. The first kappa shape index (κ1) is 13.2. The maximum absolute atomic E-state index is 12.2. The van der Waals surface area contributed by atoms with Crippen LogP contribution < -0.4 is 0 Å². The Kier molecular flexibility index (Phi) is 3.00. The van der Waals surface area contributed by atoms with E-state index < -0.39 is 10.0 Å². The molecule has 0 radical (unpaired) electrons. The van der Waals surface area contributed by atoms with Crippen molar-refractivity contribution in [3.05, 3.63) is 22.4 Å². The summed E-state index contributed by atoms with van der Waals surface area (Å²) in [5.74, 6) is 0. The van der Waals surface area contributed by atoms with Crippen molar-refractivity contribution in [2.45, 2.75) is 31.1 Å². The van der Waals surface area contributed by atoms with Crippen LogP contribution in [0.3, 0.4) is 0 Å². The van der Waals surface area contributed by atoms with Crippen molar-refractivity contribution >= 4 is 21.4 Å². The van der Waals surface area contributed by atoms with Crippen LogP contribution in [0.4, 0.5) is 0 Å². The number of nitrogens with zero attached hydrogens (tertiary/aromatic N) is 2. The minimum absolute atomic E-state index is 0.0526. The van der Waals surface area contributed by atoms with E-state index in [1.807, 2.05) is 0 Å². The monoisotopic (exact) mass is 312 g/mol. The number of thiophene rings is 1. The molecule has 110 valence electrons. The molecule has 0 atom stereocenters. The molecule has 6 heteroatoms. The van der Waals surface area contributed by atoms with E-state index in [2.05, 4.69) is 21.7 Å². The van der Waals surface area contributed by atoms with Gasteiger partial charge in [0.05, 0.1) is 5.25 Å². The second-order valence-corrected chi connectivity index (χ2v) is 9.60. The van der Waals surface area contributed by atoms with Crippen molar-refractivity contribution in [2.75, 3.05) is 26.2 Å². The van der Waals surface area contributed by atoms with Gasteiger partial charge in [0.25, 0.3) is 0 Å². The van der Waals surface area contributed by atoms with Gasteiger partial charge in [0, 0.05) is 31.6 Å². The molecule has 1 aromatic rings. The van der Waals surface area contributed by atoms with Crippen molar-refractivity contribution in [2.24, 2.45) is 5.41 Å². The smallest absolute Gasteiger partial charge is 0.217 e. The van der Waals surface area contributed by atoms with Crippen molar-refractivity contribution < 1.29 is 8.42 Å². The van der Waals surface area contributed by atoms with Gasteiger partial charge in [0.2, 0.25) is 10.0 Å². The minimum atomic E-state index is -2.94. The van der Waals surface area contributed by atoms with Gasteiger partial charge in [-0.25, -0.2) is 12.7 Å². The van der Waals surface area contributed by atoms with E-state index in [1.54, 1.807) is 15.6 Å². The highest BCUT2D eigenvalue weighted by atomic mass is 32.2. The molecule has 1 saturated carbocycles. The molecule has 2 saturated heterocycles. The number of hydrogen-bond acceptors (Lipinski definition) is 4. The van der Waals surface area contributed by atoms with Gasteiger partial charge in [-0.05, 0) is 48.2 Å². The van der Waals surface area contributed by atoms with Gasteiger partial charge in [-0.1, -0.05) is 0 Å². The summed E-state index contributed by atoms with van der Waals surface area (Å²) < 4.78 is 26.1. The molecule has 1 aliphatic carbocycles. The summed E-state index contributed by atoms with van der Waals surface area (Å²) in [4.78, 5) is 2.48. The van der Waals surface area contributed by atoms with Crippen LogP contribution in [0.1, 0.15) is 24.8 Å². The second-order valence-electron chi connectivity index (χ2n) is 6.60. The normalized spacial score (nSPS) is 27.0. The SMILES string of the molecule is O=S(=O)(C1CC1)N1CC2(CCN(Cc3ccsc3)C2)C1. The number of likely N-dealkylation sites (tertiary alicyclic amines) is 1. The first-order valence-electron chi connectivity index (χ1n) is 7.30. The van der Waals surface area contributed by atoms with Gasteiger partial charge in [-0.2, -0.15) is 11.3 Å². The van der Waals surface area contributed by atoms with Crippen molar-refractivity contribution in [1.29, 1.82) is 0 Å². The van der Waals surface area contributed by atoms with E-state index in [1.165, 1.54) is 5.56 Å². The molecule has 4 rings (SSSR count). The summed E-state index contributed by atoms with van der Waals surface area (Å²) in [6, 6.07) is 2.18. The summed E-state index contributed by atoms with van der Waals surface area (Å²) in [6.45, 7) is 4.69. The van der Waals surface area contributed by atoms with Crippen molar-refractivity contribution in [3.63, 3.8) is 0 Å². The van der Waals surface area contributed by atoms with E-state index in [4.69, 9.17) is 0 Å². The topological polar surface area (TPSA) is 40.6 Å². The van der Waals surface area contributed by atoms with Gasteiger partial charge in [0.15, 0.2) is 0 Å². The van der Waals surface area contributed by atoms with Gasteiger partial charge < -0.3 is 0 Å². The van der Waals surface area contributed by atoms with Crippen molar-refractivity contribution in [3.8, 4) is 0 Å². The highest BCUT2D eigenvalue weighted by molar-refractivity contribution is 7.90. The van der Waals surface area contributed by atoms with Gasteiger partial charge in [-0.3, -0.25) is 4.90 Å². The Morgan fingerprint density at radius 1 is 1.30 bits per heavy atom. The summed E-state index contributed by atoms with van der Waals surface area (Å²) >= 11 is 1.74. The Balaban J connectivity index is 1.36. The zero-order valence-electron chi connectivity index (χ0n) is 11.5. The molecular weight excluding hydrogens is 292 g/mol. The molecule has 0 unspecified atom stereocenters. The van der Waals surface area contributed by atoms with Crippen LogP contribution in [-0.4, -0.2) is 49.1 Å². The fourth-order valence-corrected chi connectivity index (χ4v) is 6.24. The zero-order chi connectivity index (χ0) is 13.8. The van der Waals surface area contributed by atoms with E-state index in [-0.39, 0.29) is 10.7 Å². The lowest BCUT2D eigenvalue weighted by Gasteiger charge is -2.47. The Bertz CT molecular complexity index is 587. The molecule has 3 fully saturated rings. The maximum atomic E-state index is 12.2. The van der Waals surface area contributed by atoms with Gasteiger partial charge in [-0.15, -0.1) is 0 Å². The Morgan fingerprint density at radius 3 is 2.75 bits per heavy atom. The lowest BCUT2D eigenvalue weighted by molar-refractivity contribution is 0.0769. The Labute approximate surface area is 124 Å². The van der Waals surface area contributed by atoms with E-state index in [9.17, 15) is 8.42 Å². The zero-order valence-corrected chi connectivity index (χ0v) is 13.1. The number of rotatable bonds is 4. The fourth-order valence-electron chi connectivity index (χ4n) is 3.52. The highest BCUT2D eigenvalue weighted by Gasteiger charge is 2.54. The molecule has 1 aromatic heterocycles. The van der Waals surface area contributed by atoms with Crippen LogP contribution in [0, 0.1) is 5.41 Å². The van der Waals surface area contributed by atoms with Crippen LogP contribution in [-0.2, 0) is 16.6 Å². The van der Waals surface area contributed by atoms with Crippen LogP contribution >= 0.6 is 11.3 Å². The molecule has 0 aromatic carbocycles. The standard InChI is InChI=1S/C14H20N2O2S2/c17-20(18,13-1-2-13)16-10-14(11-16)4-5-15(9-14)7-12-3-6-19-8-12/h3,6,8,13H,1-2,4-5,7,9-11H2. The predicted octanol–water partition coefficient (Wildman–Crippen LogP) is 1.75. The van der Waals surface area contributed by atoms with Gasteiger partial charge >= 0.3 is 0 Å². The number of hydrogen-bond donors (Lipinski definition) is 0. The molecule has 3 heterocycles. The molecular formula is C14H20N2O2S2. The fraction of sp³-hybridized carbons (Fsp3) is 0.714. The second kappa shape index (κ2) is 4.53. The molecule has 1 spiro atoms. The van der Waals surface area contributed by atoms with E-state index in [0.29, 0.717) is 0 Å². The lowest BCUT2D eigenvalue weighted by atomic mass is 9.81. The molecule has 2 aliphatic heterocycles. The van der Waals surface area contributed by atoms with Crippen LogP contribution in [0.15, 0.2) is 16.8 Å². The molecule has 0 bridgehead atoms. The average Bonchev–Trinajstić information content (AvgIpc) is 2.96. The third kappa shape index (κ3) is 2.22. The Hall–Kier alpha value is -0.430. The molecule has 20 heavy (non-hydrogen) atoms. The van der Waals surface area contributed by atoms with Crippen LogP contribution in [0.5, 0.6) is 0 Å². The Morgan fingerprint density at radius 2 is 2.10 bits per heavy atom. The average molecular weight is 312 g/mol. The molecule has 0 amide bonds. The van der Waals surface area contributed by atoms with Crippen LogP contribution in [0.25, 0.3) is 0 Å². The molecule has 4 nitrogen and oxygen atoms in total. The molecule has 3 aliphatic rings. The summed E-state index contributed by atoms with van der Waals surface area (Å²) in [5, 5.41) is 4.27. The summed E-state index contributed by atoms with van der Waals surface area (Å²) in [5.41, 5.74) is 1.63. The third-order valence-electron chi connectivity index (χ3n) is 4.83. The van der Waals surface area contributed by atoms with E-state index >= 15 is 0 Å². The third-order valence-corrected chi connectivity index (χ3v) is 7.86. The quantitative estimate of drug-likeness (QED) is 0.850. The predicted molar refractivity (Wildman–Crippen MR) is 80.2 cm³/mol. The summed E-state index contributed by atoms with van der Waals surface area (Å²) in [6.07, 6.45) is 2.89. The van der Waals surface area contributed by atoms with Crippen LogP contribution in [0.2, 0.25) is 0 Å². The first-order chi connectivity index (χ1) is 9.57. The summed E-state index contributed by atoms with van der Waals surface area (Å²) in [7, 11) is -2.94. The van der Waals surface area contributed by atoms with E-state index in [0.717, 1.165) is 52.0 Å². The maximum Gasteiger partial charge on any atom is 0.217 e. The minimum Gasteiger partial charge on any atom is -0.298 e. The van der Waals surface area contributed by atoms with Gasteiger partial charge in [0.1, 0.15) is 0 Å².